The number of rotatable bonds is 5. The van der Waals surface area contributed by atoms with Gasteiger partial charge in [-0.05, 0) is 37.4 Å². The van der Waals surface area contributed by atoms with E-state index in [0.717, 1.165) is 29.4 Å². The lowest BCUT2D eigenvalue weighted by atomic mass is 10.2. The van der Waals surface area contributed by atoms with Crippen molar-refractivity contribution in [3.05, 3.63) is 40.6 Å². The first-order valence-corrected chi connectivity index (χ1v) is 10.6. The molecule has 0 spiro atoms. The van der Waals surface area contributed by atoms with Gasteiger partial charge in [0.1, 0.15) is 13.2 Å². The Morgan fingerprint density at radius 2 is 1.89 bits per heavy atom. The summed E-state index contributed by atoms with van der Waals surface area (Å²) in [5.74, 6) is 1.50. The molecule has 0 saturated carbocycles. The summed E-state index contributed by atoms with van der Waals surface area (Å²) in [5.41, 5.74) is 0.831. The zero-order valence-corrected chi connectivity index (χ0v) is 17.1. The molecule has 6 nitrogen and oxygen atoms in total. The molecule has 1 amide bonds. The quantitative estimate of drug-likeness (QED) is 0.769. The van der Waals surface area contributed by atoms with Crippen LogP contribution in [0.4, 0.5) is 5.69 Å². The van der Waals surface area contributed by atoms with Gasteiger partial charge in [0.25, 0.3) is 0 Å². The van der Waals surface area contributed by atoms with E-state index in [9.17, 15) is 4.79 Å². The van der Waals surface area contributed by atoms with Crippen molar-refractivity contribution in [2.75, 3.05) is 37.7 Å². The first kappa shape index (κ1) is 19.2. The van der Waals surface area contributed by atoms with Crippen molar-refractivity contribution in [2.24, 2.45) is 0 Å². The molecule has 150 valence electrons. The summed E-state index contributed by atoms with van der Waals surface area (Å²) in [6.07, 6.45) is 0.271. The molecule has 0 aliphatic carbocycles. The van der Waals surface area contributed by atoms with Crippen molar-refractivity contribution in [2.45, 2.75) is 32.6 Å². The highest BCUT2D eigenvalue weighted by Gasteiger charge is 2.27. The van der Waals surface area contributed by atoms with Crippen molar-refractivity contribution in [1.82, 2.24) is 4.90 Å². The maximum absolute atomic E-state index is 13.3. The molecule has 2 aromatic rings. The molecule has 2 atom stereocenters. The van der Waals surface area contributed by atoms with Gasteiger partial charge in [0, 0.05) is 29.7 Å². The molecule has 1 saturated heterocycles. The monoisotopic (exact) mass is 402 g/mol. The van der Waals surface area contributed by atoms with Crippen molar-refractivity contribution in [3.63, 3.8) is 0 Å². The van der Waals surface area contributed by atoms with Crippen LogP contribution in [0.2, 0.25) is 0 Å². The van der Waals surface area contributed by atoms with Gasteiger partial charge in [-0.1, -0.05) is 6.07 Å². The van der Waals surface area contributed by atoms with Crippen LogP contribution in [0.5, 0.6) is 11.5 Å². The Kier molecular flexibility index (Phi) is 5.85. The molecule has 3 heterocycles. The standard InChI is InChI=1S/C21H26N2O4S/c1-15-11-22(12-16(2)27-15)14-21(24)23(13-18-4-3-9-28-18)17-5-6-19-20(10-17)26-8-7-25-19/h3-6,9-10,15-16H,7-8,11-14H2,1-2H3/t15-,16-/m0/s1. The zero-order chi connectivity index (χ0) is 19.5. The van der Waals surface area contributed by atoms with Gasteiger partial charge in [0.2, 0.25) is 5.91 Å². The van der Waals surface area contributed by atoms with Gasteiger partial charge in [-0.3, -0.25) is 9.69 Å². The topological polar surface area (TPSA) is 51.2 Å². The average molecular weight is 403 g/mol. The minimum absolute atomic E-state index is 0.0753. The molecule has 1 aromatic heterocycles. The van der Waals surface area contributed by atoms with Gasteiger partial charge in [0.05, 0.1) is 25.3 Å². The summed E-state index contributed by atoms with van der Waals surface area (Å²) >= 11 is 1.66. The normalized spacial score (nSPS) is 22.1. The highest BCUT2D eigenvalue weighted by atomic mass is 32.1. The van der Waals surface area contributed by atoms with Gasteiger partial charge in [0.15, 0.2) is 11.5 Å². The lowest BCUT2D eigenvalue weighted by Gasteiger charge is -2.36. The van der Waals surface area contributed by atoms with Crippen LogP contribution in [0.15, 0.2) is 35.7 Å². The molecule has 1 aromatic carbocycles. The summed E-state index contributed by atoms with van der Waals surface area (Å²) < 4.78 is 17.1. The molecule has 0 bridgehead atoms. The highest BCUT2D eigenvalue weighted by Crippen LogP contribution is 2.34. The van der Waals surface area contributed by atoms with Gasteiger partial charge in [-0.2, -0.15) is 0 Å². The van der Waals surface area contributed by atoms with Crippen LogP contribution in [-0.2, 0) is 16.1 Å². The van der Waals surface area contributed by atoms with Gasteiger partial charge in [-0.25, -0.2) is 0 Å². The second-order valence-electron chi connectivity index (χ2n) is 7.34. The number of morpholine rings is 1. The maximum Gasteiger partial charge on any atom is 0.241 e. The first-order valence-electron chi connectivity index (χ1n) is 9.68. The third kappa shape index (κ3) is 4.48. The van der Waals surface area contributed by atoms with Gasteiger partial charge >= 0.3 is 0 Å². The summed E-state index contributed by atoms with van der Waals surface area (Å²) in [6, 6.07) is 9.80. The molecule has 2 aliphatic heterocycles. The predicted octanol–water partition coefficient (Wildman–Crippen LogP) is 3.16. The predicted molar refractivity (Wildman–Crippen MR) is 109 cm³/mol. The van der Waals surface area contributed by atoms with Crippen LogP contribution in [-0.4, -0.2) is 55.9 Å². The number of benzene rings is 1. The fraction of sp³-hybridized carbons (Fsp3) is 0.476. The van der Waals surface area contributed by atoms with E-state index in [1.54, 1.807) is 11.3 Å². The Hall–Kier alpha value is -2.09. The summed E-state index contributed by atoms with van der Waals surface area (Å²) in [7, 11) is 0. The van der Waals surface area contributed by atoms with E-state index in [4.69, 9.17) is 14.2 Å². The Balaban J connectivity index is 1.55. The molecule has 28 heavy (non-hydrogen) atoms. The van der Waals surface area contributed by atoms with Gasteiger partial charge < -0.3 is 19.1 Å². The number of carbonyl (C=O) groups excluding carboxylic acids is 1. The zero-order valence-electron chi connectivity index (χ0n) is 16.3. The van der Waals surface area contributed by atoms with Crippen LogP contribution < -0.4 is 14.4 Å². The number of nitrogens with zero attached hydrogens (tertiary/aromatic N) is 2. The Labute approximate surface area is 169 Å². The summed E-state index contributed by atoms with van der Waals surface area (Å²) in [5, 5.41) is 2.03. The Bertz CT molecular complexity index is 801. The Morgan fingerprint density at radius 1 is 1.14 bits per heavy atom. The van der Waals surface area contributed by atoms with Crippen LogP contribution in [0.1, 0.15) is 18.7 Å². The number of fused-ring (bicyclic) bond motifs is 1. The largest absolute Gasteiger partial charge is 0.486 e. The van der Waals surface area contributed by atoms with E-state index in [0.29, 0.717) is 32.1 Å². The van der Waals surface area contributed by atoms with Crippen molar-refractivity contribution >= 4 is 22.9 Å². The van der Waals surface area contributed by atoms with E-state index in [1.165, 1.54) is 0 Å². The minimum Gasteiger partial charge on any atom is -0.486 e. The van der Waals surface area contributed by atoms with Crippen LogP contribution >= 0.6 is 11.3 Å². The average Bonchev–Trinajstić information content (AvgIpc) is 3.18. The number of hydrogen-bond donors (Lipinski definition) is 0. The molecular formula is C21H26N2O4S. The van der Waals surface area contributed by atoms with Crippen molar-refractivity contribution in [1.29, 1.82) is 0 Å². The number of anilines is 1. The van der Waals surface area contributed by atoms with E-state index < -0.39 is 0 Å². The van der Waals surface area contributed by atoms with Crippen LogP contribution in [0, 0.1) is 0 Å². The molecule has 0 N–H and O–H groups in total. The number of amides is 1. The number of hydrogen-bond acceptors (Lipinski definition) is 6. The van der Waals surface area contributed by atoms with Crippen LogP contribution in [0.3, 0.4) is 0 Å². The van der Waals surface area contributed by atoms with Crippen molar-refractivity contribution < 1.29 is 19.0 Å². The molecule has 0 unspecified atom stereocenters. The third-order valence-electron chi connectivity index (χ3n) is 4.89. The fourth-order valence-electron chi connectivity index (χ4n) is 3.77. The first-order chi connectivity index (χ1) is 13.6. The second kappa shape index (κ2) is 8.51. The molecule has 4 rings (SSSR count). The SMILES string of the molecule is C[C@H]1CN(CC(=O)N(Cc2cccs2)c2ccc3c(c2)OCCO3)C[C@H](C)O1. The summed E-state index contributed by atoms with van der Waals surface area (Å²) in [4.78, 5) is 18.5. The maximum atomic E-state index is 13.3. The Morgan fingerprint density at radius 3 is 2.61 bits per heavy atom. The lowest BCUT2D eigenvalue weighted by Crippen LogP contribution is -2.49. The molecule has 7 heteroatoms. The number of thiophene rings is 1. The van der Waals surface area contributed by atoms with E-state index in [1.807, 2.05) is 34.5 Å². The third-order valence-corrected chi connectivity index (χ3v) is 5.75. The van der Waals surface area contributed by atoms with Crippen molar-refractivity contribution in [3.8, 4) is 11.5 Å². The molecule has 0 radical (unpaired) electrons. The molecule has 1 fully saturated rings. The van der Waals surface area contributed by atoms with E-state index in [2.05, 4.69) is 24.8 Å². The number of ether oxygens (including phenoxy) is 3. The minimum atomic E-state index is 0.0753. The molecular weight excluding hydrogens is 376 g/mol. The smallest absolute Gasteiger partial charge is 0.241 e. The van der Waals surface area contributed by atoms with Gasteiger partial charge in [-0.15, -0.1) is 11.3 Å². The highest BCUT2D eigenvalue weighted by molar-refractivity contribution is 7.09. The molecule has 2 aliphatic rings. The fourth-order valence-corrected chi connectivity index (χ4v) is 4.46. The lowest BCUT2D eigenvalue weighted by molar-refractivity contribution is -0.123. The van der Waals surface area contributed by atoms with E-state index >= 15 is 0 Å². The summed E-state index contributed by atoms with van der Waals surface area (Å²) in [6.45, 7) is 7.64. The van der Waals surface area contributed by atoms with Crippen LogP contribution in [0.25, 0.3) is 0 Å². The number of carbonyl (C=O) groups is 1. The second-order valence-corrected chi connectivity index (χ2v) is 8.37. The van der Waals surface area contributed by atoms with E-state index in [-0.39, 0.29) is 18.1 Å².